The summed E-state index contributed by atoms with van der Waals surface area (Å²) in [6.07, 6.45) is -0.814. The molecule has 2 aromatic heterocycles. The maximum Gasteiger partial charge on any atom is 0.573 e. The molecule has 1 aliphatic rings. The number of hydrogen-bond acceptors (Lipinski definition) is 7. The molecule has 0 saturated heterocycles. The molecule has 1 atom stereocenters. The molecule has 0 fully saturated rings. The molecule has 3 heterocycles. The summed E-state index contributed by atoms with van der Waals surface area (Å²) in [5.41, 5.74) is 1.30. The molecule has 0 spiro atoms. The van der Waals surface area contributed by atoms with Crippen molar-refractivity contribution < 1.29 is 27.0 Å². The average Bonchev–Trinajstić information content (AvgIpc) is 3.38. The molecule has 4 aromatic rings. The van der Waals surface area contributed by atoms with E-state index in [-0.39, 0.29) is 29.1 Å². The monoisotopic (exact) mass is 517 g/mol. The number of anilines is 2. The van der Waals surface area contributed by atoms with Gasteiger partial charge in [-0.15, -0.1) is 18.3 Å². The normalized spacial score (nSPS) is 15.7. The van der Waals surface area contributed by atoms with Crippen molar-refractivity contribution >= 4 is 11.6 Å². The fourth-order valence-electron chi connectivity index (χ4n) is 4.39. The highest BCUT2D eigenvalue weighted by atomic mass is 19.4. The van der Waals surface area contributed by atoms with Gasteiger partial charge in [-0.05, 0) is 43.5 Å². The number of hydrogen-bond donors (Lipinski definition) is 1. The van der Waals surface area contributed by atoms with E-state index < -0.39 is 12.2 Å². The number of aryl methyl sites for hydroxylation is 2. The highest BCUT2D eigenvalue weighted by molar-refractivity contribution is 5.62. The number of fused-ring (bicyclic) bond motifs is 1. The number of methoxy groups -OCH3 is 1. The van der Waals surface area contributed by atoms with E-state index in [1.807, 2.05) is 0 Å². The Morgan fingerprint density at radius 2 is 1.86 bits per heavy atom. The number of benzene rings is 2. The predicted molar refractivity (Wildman–Crippen MR) is 125 cm³/mol. The zero-order valence-corrected chi connectivity index (χ0v) is 20.0. The summed E-state index contributed by atoms with van der Waals surface area (Å²) in [5.74, 6) is 0.642. The Bertz CT molecular complexity index is 1400. The van der Waals surface area contributed by atoms with Gasteiger partial charge in [-0.2, -0.15) is 10.1 Å². The molecule has 9 nitrogen and oxygen atoms in total. The van der Waals surface area contributed by atoms with Crippen molar-refractivity contribution in [3.05, 3.63) is 65.8 Å². The third-order valence-corrected chi connectivity index (χ3v) is 5.98. The minimum absolute atomic E-state index is 0.125. The van der Waals surface area contributed by atoms with E-state index in [9.17, 15) is 13.2 Å². The van der Waals surface area contributed by atoms with Crippen LogP contribution in [-0.2, 0) is 6.54 Å². The molecule has 1 N–H and O–H groups in total. The number of nitrogens with zero attached hydrogens (tertiary/aromatic N) is 6. The SMILES string of the molecule is COc1cc(Nc2nc3n(n2)CCCCC3c2ccc(OC(F)(F)F)cc2)cc(F)c1-n1cnc(C)n1. The zero-order chi connectivity index (χ0) is 26.2. The largest absolute Gasteiger partial charge is 0.573 e. The van der Waals surface area contributed by atoms with Crippen molar-refractivity contribution in [2.24, 2.45) is 0 Å². The molecule has 0 saturated carbocycles. The smallest absolute Gasteiger partial charge is 0.494 e. The van der Waals surface area contributed by atoms with E-state index in [1.165, 1.54) is 36.3 Å². The Morgan fingerprint density at radius 1 is 1.08 bits per heavy atom. The Morgan fingerprint density at radius 3 is 2.54 bits per heavy atom. The van der Waals surface area contributed by atoms with Crippen LogP contribution in [-0.4, -0.2) is 43.0 Å². The maximum atomic E-state index is 15.1. The molecule has 0 bridgehead atoms. The van der Waals surface area contributed by atoms with E-state index in [1.54, 1.807) is 29.8 Å². The molecular formula is C24H23F4N7O2. The molecule has 194 valence electrons. The van der Waals surface area contributed by atoms with Gasteiger partial charge in [0.1, 0.15) is 35.2 Å². The number of rotatable bonds is 6. The van der Waals surface area contributed by atoms with Crippen LogP contribution in [0, 0.1) is 12.7 Å². The van der Waals surface area contributed by atoms with Crippen LogP contribution in [0.4, 0.5) is 29.2 Å². The first-order valence-electron chi connectivity index (χ1n) is 11.5. The van der Waals surface area contributed by atoms with Crippen molar-refractivity contribution in [1.82, 2.24) is 29.5 Å². The molecule has 13 heteroatoms. The Labute approximate surface area is 209 Å². The lowest BCUT2D eigenvalue weighted by Gasteiger charge is -2.15. The van der Waals surface area contributed by atoms with Gasteiger partial charge < -0.3 is 14.8 Å². The lowest BCUT2D eigenvalue weighted by atomic mass is 9.93. The van der Waals surface area contributed by atoms with Gasteiger partial charge in [-0.1, -0.05) is 18.6 Å². The van der Waals surface area contributed by atoms with Gasteiger partial charge in [0.2, 0.25) is 5.95 Å². The summed E-state index contributed by atoms with van der Waals surface area (Å²) in [6.45, 7) is 2.33. The fourth-order valence-corrected chi connectivity index (χ4v) is 4.39. The summed E-state index contributed by atoms with van der Waals surface area (Å²) in [4.78, 5) is 8.68. The molecular weight excluding hydrogens is 494 g/mol. The number of nitrogens with one attached hydrogen (secondary N) is 1. The minimum Gasteiger partial charge on any atom is -0.494 e. The topological polar surface area (TPSA) is 91.9 Å². The van der Waals surface area contributed by atoms with Crippen molar-refractivity contribution in [2.75, 3.05) is 12.4 Å². The second-order valence-corrected chi connectivity index (χ2v) is 8.55. The standard InChI is InChI=1S/C24H23F4N7O2/c1-14-29-13-35(32-14)21-19(25)11-16(12-20(21)36-2)30-23-31-22-18(5-3-4-10-34(22)33-23)15-6-8-17(9-7-15)37-24(26,27)28/h6-9,11-13,18H,3-5,10H2,1-2H3,(H,30,33). The van der Waals surface area contributed by atoms with Gasteiger partial charge in [-0.3, -0.25) is 0 Å². The van der Waals surface area contributed by atoms with E-state index in [2.05, 4.69) is 30.2 Å². The van der Waals surface area contributed by atoms with Crippen molar-refractivity contribution in [2.45, 2.75) is 45.0 Å². The molecule has 1 aliphatic heterocycles. The predicted octanol–water partition coefficient (Wildman–Crippen LogP) is 5.27. The Kier molecular flexibility index (Phi) is 6.44. The Balaban J connectivity index is 1.41. The second kappa shape index (κ2) is 9.71. The van der Waals surface area contributed by atoms with Crippen LogP contribution in [0.1, 0.15) is 42.4 Å². The number of aromatic nitrogens is 6. The first-order chi connectivity index (χ1) is 17.7. The summed E-state index contributed by atoms with van der Waals surface area (Å²) in [5, 5.41) is 11.7. The van der Waals surface area contributed by atoms with Gasteiger partial charge in [0.05, 0.1) is 7.11 Å². The van der Waals surface area contributed by atoms with Crippen LogP contribution in [0.25, 0.3) is 5.69 Å². The van der Waals surface area contributed by atoms with Crippen LogP contribution < -0.4 is 14.8 Å². The van der Waals surface area contributed by atoms with E-state index in [0.29, 0.717) is 23.9 Å². The lowest BCUT2D eigenvalue weighted by Crippen LogP contribution is -2.17. The molecule has 0 amide bonds. The molecule has 2 aromatic carbocycles. The summed E-state index contributed by atoms with van der Waals surface area (Å²) >= 11 is 0. The third kappa shape index (κ3) is 5.34. The van der Waals surface area contributed by atoms with Crippen LogP contribution in [0.3, 0.4) is 0 Å². The van der Waals surface area contributed by atoms with Crippen LogP contribution in [0.15, 0.2) is 42.7 Å². The van der Waals surface area contributed by atoms with Gasteiger partial charge in [0.25, 0.3) is 0 Å². The van der Waals surface area contributed by atoms with E-state index in [0.717, 1.165) is 24.8 Å². The van der Waals surface area contributed by atoms with Crippen molar-refractivity contribution in [3.8, 4) is 17.2 Å². The second-order valence-electron chi connectivity index (χ2n) is 8.55. The molecule has 1 unspecified atom stereocenters. The molecule has 0 radical (unpaired) electrons. The fraction of sp³-hybridized carbons (Fsp3) is 0.333. The van der Waals surface area contributed by atoms with Crippen molar-refractivity contribution in [1.29, 1.82) is 0 Å². The van der Waals surface area contributed by atoms with E-state index in [4.69, 9.17) is 4.74 Å². The average molecular weight is 517 g/mol. The quantitative estimate of drug-likeness (QED) is 0.348. The van der Waals surface area contributed by atoms with Gasteiger partial charge in [0.15, 0.2) is 5.82 Å². The van der Waals surface area contributed by atoms with Gasteiger partial charge >= 0.3 is 6.36 Å². The van der Waals surface area contributed by atoms with Gasteiger partial charge in [-0.25, -0.2) is 18.7 Å². The first-order valence-corrected chi connectivity index (χ1v) is 11.5. The highest BCUT2D eigenvalue weighted by Crippen LogP contribution is 2.35. The third-order valence-electron chi connectivity index (χ3n) is 5.98. The van der Waals surface area contributed by atoms with Crippen LogP contribution in [0.5, 0.6) is 11.5 Å². The maximum absolute atomic E-state index is 15.1. The minimum atomic E-state index is -4.75. The summed E-state index contributed by atoms with van der Waals surface area (Å²) < 4.78 is 65.1. The first kappa shape index (κ1) is 24.5. The zero-order valence-electron chi connectivity index (χ0n) is 20.0. The summed E-state index contributed by atoms with van der Waals surface area (Å²) in [6, 6.07) is 8.69. The van der Waals surface area contributed by atoms with E-state index >= 15 is 4.39 Å². The number of ether oxygens (including phenoxy) is 2. The van der Waals surface area contributed by atoms with Gasteiger partial charge in [0, 0.05) is 24.2 Å². The number of alkyl halides is 3. The summed E-state index contributed by atoms with van der Waals surface area (Å²) in [7, 11) is 1.43. The van der Waals surface area contributed by atoms with Crippen LogP contribution >= 0.6 is 0 Å². The lowest BCUT2D eigenvalue weighted by molar-refractivity contribution is -0.274. The Hall–Kier alpha value is -4.16. The number of halogens is 4. The molecule has 37 heavy (non-hydrogen) atoms. The highest BCUT2D eigenvalue weighted by Gasteiger charge is 2.31. The van der Waals surface area contributed by atoms with Crippen LogP contribution in [0.2, 0.25) is 0 Å². The molecule has 5 rings (SSSR count). The van der Waals surface area contributed by atoms with Crippen molar-refractivity contribution in [3.63, 3.8) is 0 Å². The molecule has 0 aliphatic carbocycles.